The molecule has 2 amide bonds. The van der Waals surface area contributed by atoms with Gasteiger partial charge in [-0.2, -0.15) is 0 Å². The Bertz CT molecular complexity index is 815. The van der Waals surface area contributed by atoms with Gasteiger partial charge in [-0.1, -0.05) is 18.2 Å². The Labute approximate surface area is 159 Å². The zero-order valence-electron chi connectivity index (χ0n) is 15.9. The number of carbonyl (C=O) groups excluding carboxylic acids is 2. The molecule has 0 spiro atoms. The van der Waals surface area contributed by atoms with Crippen LogP contribution in [0.2, 0.25) is 0 Å². The van der Waals surface area contributed by atoms with Crippen LogP contribution in [0, 0.1) is 0 Å². The van der Waals surface area contributed by atoms with Gasteiger partial charge in [0.25, 0.3) is 0 Å². The number of nitrogens with one attached hydrogen (secondary N) is 1. The Kier molecular flexibility index (Phi) is 5.44. The lowest BCUT2D eigenvalue weighted by atomic mass is 10.0. The maximum Gasteiger partial charge on any atom is 0.410 e. The summed E-state index contributed by atoms with van der Waals surface area (Å²) in [6, 6.07) is 10.9. The Balaban J connectivity index is 1.77. The van der Waals surface area contributed by atoms with Crippen LogP contribution in [0.5, 0.6) is 0 Å². The van der Waals surface area contributed by atoms with E-state index >= 15 is 0 Å². The first-order chi connectivity index (χ1) is 12.8. The highest BCUT2D eigenvalue weighted by atomic mass is 16.6. The van der Waals surface area contributed by atoms with Crippen LogP contribution in [0.4, 0.5) is 10.5 Å². The van der Waals surface area contributed by atoms with Crippen LogP contribution in [-0.2, 0) is 9.53 Å². The quantitative estimate of drug-likeness (QED) is 0.887. The summed E-state index contributed by atoms with van der Waals surface area (Å²) in [5.74, 6) is -0.195. The van der Waals surface area contributed by atoms with Crippen molar-refractivity contribution in [3.8, 4) is 11.1 Å². The van der Waals surface area contributed by atoms with E-state index in [1.54, 1.807) is 12.4 Å². The molecule has 0 radical (unpaired) electrons. The molecule has 1 aromatic carbocycles. The van der Waals surface area contributed by atoms with Crippen molar-refractivity contribution in [1.82, 2.24) is 9.88 Å². The minimum absolute atomic E-state index is 0.195. The fourth-order valence-corrected chi connectivity index (χ4v) is 3.17. The fraction of sp³-hybridized carbons (Fsp3) is 0.381. The number of anilines is 1. The number of rotatable bonds is 3. The summed E-state index contributed by atoms with van der Waals surface area (Å²) in [5.41, 5.74) is 2.00. The van der Waals surface area contributed by atoms with Crippen molar-refractivity contribution >= 4 is 17.7 Å². The Morgan fingerprint density at radius 3 is 2.56 bits per heavy atom. The summed E-state index contributed by atoms with van der Waals surface area (Å²) < 4.78 is 5.45. The van der Waals surface area contributed by atoms with Crippen molar-refractivity contribution in [1.29, 1.82) is 0 Å². The Morgan fingerprint density at radius 1 is 1.15 bits per heavy atom. The highest BCUT2D eigenvalue weighted by molar-refractivity contribution is 6.00. The molecule has 3 rings (SSSR count). The van der Waals surface area contributed by atoms with Crippen LogP contribution in [0.3, 0.4) is 0 Å². The van der Waals surface area contributed by atoms with Gasteiger partial charge in [-0.25, -0.2) is 4.79 Å². The number of benzene rings is 1. The van der Waals surface area contributed by atoms with Gasteiger partial charge in [0, 0.05) is 30.2 Å². The third-order valence-electron chi connectivity index (χ3n) is 4.36. The molecular weight excluding hydrogens is 342 g/mol. The maximum atomic E-state index is 12.9. The minimum Gasteiger partial charge on any atom is -0.444 e. The number of carbonyl (C=O) groups is 2. The fourth-order valence-electron chi connectivity index (χ4n) is 3.17. The molecule has 1 aliphatic heterocycles. The summed E-state index contributed by atoms with van der Waals surface area (Å²) in [5, 5.41) is 2.99. The van der Waals surface area contributed by atoms with E-state index < -0.39 is 17.7 Å². The number of likely N-dealkylation sites (tertiary alicyclic amines) is 1. The van der Waals surface area contributed by atoms with Gasteiger partial charge in [0.2, 0.25) is 5.91 Å². The van der Waals surface area contributed by atoms with Crippen molar-refractivity contribution in [2.45, 2.75) is 45.3 Å². The molecule has 1 fully saturated rings. The first-order valence-corrected chi connectivity index (χ1v) is 9.15. The number of pyridine rings is 1. The molecule has 1 saturated heterocycles. The molecule has 1 unspecified atom stereocenters. The lowest BCUT2D eigenvalue weighted by Gasteiger charge is -2.28. The number of ether oxygens (including phenoxy) is 1. The molecule has 2 aromatic rings. The molecule has 0 aliphatic carbocycles. The highest BCUT2D eigenvalue weighted by Gasteiger charge is 2.36. The van der Waals surface area contributed by atoms with Crippen LogP contribution in [0.25, 0.3) is 11.1 Å². The standard InChI is InChI=1S/C21H25N3O3/c1-21(2,3)27-20(26)24-14-6-9-18(24)19(25)23-17-8-5-4-7-16(17)15-10-12-22-13-11-15/h4-5,7-8,10-13,18H,6,9,14H2,1-3H3,(H,23,25). The first kappa shape index (κ1) is 18.9. The van der Waals surface area contributed by atoms with E-state index in [9.17, 15) is 9.59 Å². The number of hydrogen-bond donors (Lipinski definition) is 1. The van der Waals surface area contributed by atoms with Crippen LogP contribution < -0.4 is 5.32 Å². The molecule has 6 heteroatoms. The molecule has 1 aliphatic rings. The summed E-state index contributed by atoms with van der Waals surface area (Å²) in [7, 11) is 0. The number of amides is 2. The van der Waals surface area contributed by atoms with Crippen LogP contribution in [0.15, 0.2) is 48.8 Å². The largest absolute Gasteiger partial charge is 0.444 e. The predicted octanol–water partition coefficient (Wildman–Crippen LogP) is 4.09. The predicted molar refractivity (Wildman–Crippen MR) is 104 cm³/mol. The van der Waals surface area contributed by atoms with E-state index in [0.29, 0.717) is 18.7 Å². The SMILES string of the molecule is CC(C)(C)OC(=O)N1CCCC1C(=O)Nc1ccccc1-c1ccncc1. The molecule has 6 nitrogen and oxygen atoms in total. The molecular formula is C21H25N3O3. The zero-order valence-corrected chi connectivity index (χ0v) is 15.9. The lowest BCUT2D eigenvalue weighted by Crippen LogP contribution is -2.45. The van der Waals surface area contributed by atoms with Crippen molar-refractivity contribution < 1.29 is 14.3 Å². The monoisotopic (exact) mass is 367 g/mol. The molecule has 27 heavy (non-hydrogen) atoms. The van der Waals surface area contributed by atoms with Gasteiger partial charge in [0.05, 0.1) is 0 Å². The van der Waals surface area contributed by atoms with E-state index in [4.69, 9.17) is 4.74 Å². The zero-order chi connectivity index (χ0) is 19.4. The summed E-state index contributed by atoms with van der Waals surface area (Å²) in [6.07, 6.45) is 4.40. The van der Waals surface area contributed by atoms with Gasteiger partial charge in [-0.3, -0.25) is 14.7 Å². The van der Waals surface area contributed by atoms with Crippen molar-refractivity contribution in [2.24, 2.45) is 0 Å². The topological polar surface area (TPSA) is 71.5 Å². The van der Waals surface area contributed by atoms with Gasteiger partial charge in [-0.15, -0.1) is 0 Å². The Morgan fingerprint density at radius 2 is 1.85 bits per heavy atom. The molecule has 1 aromatic heterocycles. The first-order valence-electron chi connectivity index (χ1n) is 9.15. The van der Waals surface area contributed by atoms with E-state index in [1.165, 1.54) is 4.90 Å². The lowest BCUT2D eigenvalue weighted by molar-refractivity contribution is -0.120. The molecule has 1 N–H and O–H groups in total. The average molecular weight is 367 g/mol. The van der Waals surface area contributed by atoms with Crippen LogP contribution >= 0.6 is 0 Å². The summed E-state index contributed by atoms with van der Waals surface area (Å²) in [6.45, 7) is 5.99. The highest BCUT2D eigenvalue weighted by Crippen LogP contribution is 2.29. The molecule has 0 saturated carbocycles. The van der Waals surface area contributed by atoms with Gasteiger partial charge in [-0.05, 0) is 57.4 Å². The average Bonchev–Trinajstić information content (AvgIpc) is 3.12. The van der Waals surface area contributed by atoms with Crippen molar-refractivity contribution in [3.05, 3.63) is 48.8 Å². The van der Waals surface area contributed by atoms with Crippen LogP contribution in [0.1, 0.15) is 33.6 Å². The Hall–Kier alpha value is -2.89. The normalized spacial score (nSPS) is 16.9. The molecule has 0 bridgehead atoms. The number of para-hydroxylation sites is 1. The van der Waals surface area contributed by atoms with Gasteiger partial charge >= 0.3 is 6.09 Å². The van der Waals surface area contributed by atoms with E-state index in [1.807, 2.05) is 57.2 Å². The van der Waals surface area contributed by atoms with E-state index in [2.05, 4.69) is 10.3 Å². The minimum atomic E-state index is -0.589. The third-order valence-corrected chi connectivity index (χ3v) is 4.36. The number of hydrogen-bond acceptors (Lipinski definition) is 4. The third kappa shape index (κ3) is 4.64. The number of aromatic nitrogens is 1. The second kappa shape index (κ2) is 7.78. The second-order valence-corrected chi connectivity index (χ2v) is 7.60. The van der Waals surface area contributed by atoms with Crippen LogP contribution in [-0.4, -0.2) is 40.1 Å². The van der Waals surface area contributed by atoms with Gasteiger partial charge in [0.15, 0.2) is 0 Å². The van der Waals surface area contributed by atoms with Gasteiger partial charge in [0.1, 0.15) is 11.6 Å². The summed E-state index contributed by atoms with van der Waals surface area (Å²) in [4.78, 5) is 30.9. The smallest absolute Gasteiger partial charge is 0.410 e. The molecule has 2 heterocycles. The van der Waals surface area contributed by atoms with Crippen molar-refractivity contribution in [2.75, 3.05) is 11.9 Å². The van der Waals surface area contributed by atoms with Gasteiger partial charge < -0.3 is 10.1 Å². The summed E-state index contributed by atoms with van der Waals surface area (Å²) >= 11 is 0. The number of nitrogens with zero attached hydrogens (tertiary/aromatic N) is 2. The maximum absolute atomic E-state index is 12.9. The second-order valence-electron chi connectivity index (χ2n) is 7.60. The van der Waals surface area contributed by atoms with E-state index in [0.717, 1.165) is 17.5 Å². The molecule has 1 atom stereocenters. The van der Waals surface area contributed by atoms with E-state index in [-0.39, 0.29) is 5.91 Å². The van der Waals surface area contributed by atoms with Crippen molar-refractivity contribution in [3.63, 3.8) is 0 Å². The molecule has 142 valence electrons.